The zero-order chi connectivity index (χ0) is 17.6. The van der Waals surface area contributed by atoms with E-state index in [4.69, 9.17) is 16.3 Å². The van der Waals surface area contributed by atoms with E-state index in [0.717, 1.165) is 42.6 Å². The topological polar surface area (TPSA) is 61.7 Å². The standard InChI is InChI=1S/C17H25ClN6O/c1-3-22-8-10-23(11-9-22)16(14-6-4-5-7-15(14)18)17-19-20-21-24(17)12-13-25-2/h4-7,16H,3,8-13H2,1-2H3/p+2/t16-/m0/s1. The molecule has 136 valence electrons. The number of benzene rings is 1. The highest BCUT2D eigenvalue weighted by Crippen LogP contribution is 2.24. The molecule has 0 saturated carbocycles. The van der Waals surface area contributed by atoms with E-state index in [2.05, 4.69) is 28.5 Å². The minimum Gasteiger partial charge on any atom is -0.383 e. The summed E-state index contributed by atoms with van der Waals surface area (Å²) in [6.45, 7) is 9.12. The van der Waals surface area contributed by atoms with Crippen LogP contribution in [-0.2, 0) is 11.3 Å². The number of nitrogens with zero attached hydrogens (tertiary/aromatic N) is 4. The number of nitrogens with one attached hydrogen (secondary N) is 2. The van der Waals surface area contributed by atoms with Crippen molar-refractivity contribution in [2.75, 3.05) is 46.4 Å². The van der Waals surface area contributed by atoms with Crippen LogP contribution >= 0.6 is 11.6 Å². The van der Waals surface area contributed by atoms with Gasteiger partial charge < -0.3 is 14.5 Å². The fraction of sp³-hybridized carbons (Fsp3) is 0.588. The Morgan fingerprint density at radius 3 is 2.68 bits per heavy atom. The molecular weight excluding hydrogens is 340 g/mol. The highest BCUT2D eigenvalue weighted by atomic mass is 35.5. The minimum absolute atomic E-state index is 0.0407. The van der Waals surface area contributed by atoms with Crippen molar-refractivity contribution in [1.82, 2.24) is 20.2 Å². The van der Waals surface area contributed by atoms with Gasteiger partial charge in [-0.25, -0.2) is 4.68 Å². The largest absolute Gasteiger partial charge is 0.383 e. The number of methoxy groups -OCH3 is 1. The Bertz CT molecular complexity index is 671. The van der Waals surface area contributed by atoms with Crippen LogP contribution in [0.25, 0.3) is 0 Å². The predicted molar refractivity (Wildman–Crippen MR) is 94.9 cm³/mol. The van der Waals surface area contributed by atoms with Gasteiger partial charge in [0.15, 0.2) is 6.04 Å². The maximum Gasteiger partial charge on any atom is 0.214 e. The third-order valence-corrected chi connectivity index (χ3v) is 5.39. The molecule has 2 aromatic rings. The molecule has 0 aliphatic carbocycles. The van der Waals surface area contributed by atoms with Crippen molar-refractivity contribution in [3.05, 3.63) is 40.7 Å². The number of tetrazole rings is 1. The smallest absolute Gasteiger partial charge is 0.214 e. The van der Waals surface area contributed by atoms with Gasteiger partial charge in [0.05, 0.1) is 24.7 Å². The van der Waals surface area contributed by atoms with Gasteiger partial charge in [-0.05, 0) is 23.4 Å². The van der Waals surface area contributed by atoms with Crippen molar-refractivity contribution >= 4 is 11.6 Å². The third-order valence-electron chi connectivity index (χ3n) is 5.05. The number of quaternary nitrogens is 2. The summed E-state index contributed by atoms with van der Waals surface area (Å²) < 4.78 is 7.05. The fourth-order valence-corrected chi connectivity index (χ4v) is 3.82. The summed E-state index contributed by atoms with van der Waals surface area (Å²) >= 11 is 6.55. The average molecular weight is 367 g/mol. The Kier molecular flexibility index (Phi) is 6.36. The van der Waals surface area contributed by atoms with Crippen molar-refractivity contribution in [2.24, 2.45) is 0 Å². The molecule has 1 fully saturated rings. The van der Waals surface area contributed by atoms with Gasteiger partial charge in [-0.1, -0.05) is 29.8 Å². The van der Waals surface area contributed by atoms with Gasteiger partial charge in [-0.15, -0.1) is 5.10 Å². The Morgan fingerprint density at radius 2 is 2.00 bits per heavy atom. The number of hydrogen-bond acceptors (Lipinski definition) is 4. The molecule has 3 rings (SSSR count). The number of piperazine rings is 1. The average Bonchev–Trinajstić information content (AvgIpc) is 3.10. The predicted octanol–water partition coefficient (Wildman–Crippen LogP) is -1.13. The molecule has 1 atom stereocenters. The van der Waals surface area contributed by atoms with Crippen LogP contribution in [0, 0.1) is 0 Å². The van der Waals surface area contributed by atoms with E-state index < -0.39 is 0 Å². The van der Waals surface area contributed by atoms with Gasteiger partial charge in [0.25, 0.3) is 0 Å². The molecule has 1 aliphatic heterocycles. The normalized spacial score (nSPS) is 22.0. The second-order valence-electron chi connectivity index (χ2n) is 6.47. The Morgan fingerprint density at radius 1 is 1.24 bits per heavy atom. The zero-order valence-corrected chi connectivity index (χ0v) is 15.7. The lowest BCUT2D eigenvalue weighted by Gasteiger charge is -2.34. The molecular formula is C17H27ClN6O+2. The lowest BCUT2D eigenvalue weighted by molar-refractivity contribution is -1.02. The number of hydrogen-bond donors (Lipinski definition) is 2. The first kappa shape index (κ1) is 18.3. The van der Waals surface area contributed by atoms with Crippen LogP contribution in [0.15, 0.2) is 24.3 Å². The highest BCUT2D eigenvalue weighted by molar-refractivity contribution is 6.31. The van der Waals surface area contributed by atoms with Crippen molar-refractivity contribution < 1.29 is 14.5 Å². The van der Waals surface area contributed by atoms with Crippen LogP contribution in [0.1, 0.15) is 24.4 Å². The van der Waals surface area contributed by atoms with Crippen molar-refractivity contribution in [1.29, 1.82) is 0 Å². The van der Waals surface area contributed by atoms with Crippen LogP contribution in [-0.4, -0.2) is 66.6 Å². The van der Waals surface area contributed by atoms with Crippen molar-refractivity contribution in [3.63, 3.8) is 0 Å². The van der Waals surface area contributed by atoms with E-state index in [-0.39, 0.29) is 6.04 Å². The Labute approximate surface area is 153 Å². The van der Waals surface area contributed by atoms with Crippen LogP contribution < -0.4 is 9.80 Å². The van der Waals surface area contributed by atoms with Crippen molar-refractivity contribution in [3.8, 4) is 0 Å². The number of rotatable bonds is 7. The maximum atomic E-state index is 6.55. The molecule has 8 heteroatoms. The number of aromatic nitrogens is 4. The quantitative estimate of drug-likeness (QED) is 0.650. The fourth-order valence-electron chi connectivity index (χ4n) is 3.57. The van der Waals surface area contributed by atoms with Gasteiger partial charge in [-0.2, -0.15) is 0 Å². The van der Waals surface area contributed by atoms with E-state index in [1.54, 1.807) is 12.0 Å². The van der Waals surface area contributed by atoms with E-state index in [1.807, 2.05) is 22.9 Å². The molecule has 1 aromatic carbocycles. The van der Waals surface area contributed by atoms with E-state index in [1.165, 1.54) is 11.4 Å². The number of likely N-dealkylation sites (N-methyl/N-ethyl adjacent to an activating group) is 1. The molecule has 25 heavy (non-hydrogen) atoms. The van der Waals surface area contributed by atoms with Gasteiger partial charge in [0.2, 0.25) is 5.82 Å². The van der Waals surface area contributed by atoms with Gasteiger partial charge in [0.1, 0.15) is 26.2 Å². The third kappa shape index (κ3) is 4.17. The summed E-state index contributed by atoms with van der Waals surface area (Å²) in [7, 11) is 1.69. The monoisotopic (exact) mass is 366 g/mol. The molecule has 2 N–H and O–H groups in total. The minimum atomic E-state index is 0.0407. The van der Waals surface area contributed by atoms with Gasteiger partial charge in [-0.3, -0.25) is 0 Å². The van der Waals surface area contributed by atoms with Gasteiger partial charge in [0, 0.05) is 12.7 Å². The van der Waals surface area contributed by atoms with E-state index in [9.17, 15) is 0 Å². The summed E-state index contributed by atoms with van der Waals surface area (Å²) in [4.78, 5) is 3.12. The summed E-state index contributed by atoms with van der Waals surface area (Å²) in [6, 6.07) is 8.07. The number of ether oxygens (including phenoxy) is 1. The zero-order valence-electron chi connectivity index (χ0n) is 14.9. The van der Waals surface area contributed by atoms with Crippen molar-refractivity contribution in [2.45, 2.75) is 19.5 Å². The summed E-state index contributed by atoms with van der Waals surface area (Å²) in [6.07, 6.45) is 0. The van der Waals surface area contributed by atoms with Crippen LogP contribution in [0.2, 0.25) is 5.02 Å². The highest BCUT2D eigenvalue weighted by Gasteiger charge is 2.36. The molecule has 0 bridgehead atoms. The van der Waals surface area contributed by atoms with E-state index in [0.29, 0.717) is 13.2 Å². The van der Waals surface area contributed by atoms with Crippen LogP contribution in [0.5, 0.6) is 0 Å². The Hall–Kier alpha value is -1.54. The first-order chi connectivity index (χ1) is 12.2. The second-order valence-corrected chi connectivity index (χ2v) is 6.88. The molecule has 2 heterocycles. The van der Waals surface area contributed by atoms with Gasteiger partial charge >= 0.3 is 0 Å². The molecule has 0 unspecified atom stereocenters. The lowest BCUT2D eigenvalue weighted by Crippen LogP contribution is -3.28. The molecule has 1 saturated heterocycles. The summed E-state index contributed by atoms with van der Waals surface area (Å²) in [5.74, 6) is 0.861. The van der Waals surface area contributed by atoms with Crippen LogP contribution in [0.3, 0.4) is 0 Å². The molecule has 7 nitrogen and oxygen atoms in total. The number of halogens is 1. The summed E-state index contributed by atoms with van der Waals surface area (Å²) in [5, 5.41) is 13.2. The van der Waals surface area contributed by atoms with Crippen LogP contribution in [0.4, 0.5) is 0 Å². The molecule has 0 spiro atoms. The van der Waals surface area contributed by atoms with E-state index >= 15 is 0 Å². The first-order valence-electron chi connectivity index (χ1n) is 8.92. The molecule has 1 aliphatic rings. The Balaban J connectivity index is 1.93. The lowest BCUT2D eigenvalue weighted by atomic mass is 10.0. The molecule has 0 amide bonds. The molecule has 0 radical (unpaired) electrons. The maximum absolute atomic E-state index is 6.55. The second kappa shape index (κ2) is 8.71. The summed E-state index contributed by atoms with van der Waals surface area (Å²) in [5.41, 5.74) is 1.09. The SMILES string of the molecule is CC[NH+]1CC[NH+]([C@@H](c2ccccc2Cl)c2nnnn2CCOC)CC1. The molecule has 1 aromatic heterocycles. The first-order valence-corrected chi connectivity index (χ1v) is 9.30.